The van der Waals surface area contributed by atoms with Crippen LogP contribution in [0.3, 0.4) is 0 Å². The Hall–Kier alpha value is -2.24. The Balaban J connectivity index is 3.21. The van der Waals surface area contributed by atoms with E-state index in [0.717, 1.165) is 0 Å². The predicted octanol–water partition coefficient (Wildman–Crippen LogP) is 1.13. The highest BCUT2D eigenvalue weighted by Gasteiger charge is 2.16. The zero-order chi connectivity index (χ0) is 14.4. The lowest BCUT2D eigenvalue weighted by molar-refractivity contribution is -0.119. The third-order valence-corrected chi connectivity index (χ3v) is 2.54. The molecule has 0 aliphatic heterocycles. The zero-order valence-electron chi connectivity index (χ0n) is 11.4. The summed E-state index contributed by atoms with van der Waals surface area (Å²) in [6, 6.07) is 3.09. The number of ether oxygens (including phenoxy) is 3. The molecule has 1 aromatic rings. The first-order valence-electron chi connectivity index (χ1n) is 5.61. The van der Waals surface area contributed by atoms with Crippen LogP contribution in [0.1, 0.15) is 22.8 Å². The van der Waals surface area contributed by atoms with Gasteiger partial charge in [-0.1, -0.05) is 0 Å². The molecule has 1 aromatic carbocycles. The highest BCUT2D eigenvalue weighted by atomic mass is 16.5. The van der Waals surface area contributed by atoms with Crippen LogP contribution in [0.2, 0.25) is 0 Å². The first kappa shape index (κ1) is 14.8. The smallest absolute Gasteiger partial charge is 0.338 e. The summed E-state index contributed by atoms with van der Waals surface area (Å²) < 4.78 is 15.1. The number of amides is 1. The van der Waals surface area contributed by atoms with Gasteiger partial charge in [-0.15, -0.1) is 0 Å². The second kappa shape index (κ2) is 6.63. The SMILES string of the molecule is COC(=O)c1cc(OC)c(CNC(C)=O)c(OC)c1. The summed E-state index contributed by atoms with van der Waals surface area (Å²) in [7, 11) is 4.26. The molecule has 1 rings (SSSR count). The summed E-state index contributed by atoms with van der Waals surface area (Å²) in [6.07, 6.45) is 0. The van der Waals surface area contributed by atoms with Crippen molar-refractivity contribution in [2.24, 2.45) is 0 Å². The lowest BCUT2D eigenvalue weighted by Crippen LogP contribution is -2.20. The van der Waals surface area contributed by atoms with Crippen LogP contribution >= 0.6 is 0 Å². The number of benzene rings is 1. The molecule has 0 saturated heterocycles. The van der Waals surface area contributed by atoms with Crippen molar-refractivity contribution in [2.75, 3.05) is 21.3 Å². The van der Waals surface area contributed by atoms with Gasteiger partial charge in [0.05, 0.1) is 39.0 Å². The van der Waals surface area contributed by atoms with E-state index in [2.05, 4.69) is 10.1 Å². The molecule has 0 heterocycles. The molecule has 0 unspecified atom stereocenters. The Morgan fingerprint density at radius 2 is 1.63 bits per heavy atom. The average molecular weight is 267 g/mol. The molecule has 0 spiro atoms. The summed E-state index contributed by atoms with van der Waals surface area (Å²) in [5.41, 5.74) is 0.982. The Labute approximate surface area is 111 Å². The predicted molar refractivity (Wildman–Crippen MR) is 68.4 cm³/mol. The van der Waals surface area contributed by atoms with E-state index in [1.54, 1.807) is 12.1 Å². The van der Waals surface area contributed by atoms with Gasteiger partial charge in [0.25, 0.3) is 0 Å². The second-order valence-corrected chi connectivity index (χ2v) is 3.76. The van der Waals surface area contributed by atoms with Gasteiger partial charge in [0.15, 0.2) is 0 Å². The van der Waals surface area contributed by atoms with Gasteiger partial charge in [-0.3, -0.25) is 4.79 Å². The van der Waals surface area contributed by atoms with Gasteiger partial charge in [0.2, 0.25) is 5.91 Å². The Morgan fingerprint density at radius 1 is 1.11 bits per heavy atom. The summed E-state index contributed by atoms with van der Waals surface area (Å²) in [5.74, 6) is 0.255. The Bertz CT molecular complexity index is 459. The lowest BCUT2D eigenvalue weighted by atomic mass is 10.1. The van der Waals surface area contributed by atoms with Crippen LogP contribution in [-0.2, 0) is 16.1 Å². The molecular weight excluding hydrogens is 250 g/mol. The number of carbonyl (C=O) groups excluding carboxylic acids is 2. The molecule has 0 saturated carbocycles. The van der Waals surface area contributed by atoms with Crippen molar-refractivity contribution in [2.45, 2.75) is 13.5 Å². The second-order valence-electron chi connectivity index (χ2n) is 3.76. The topological polar surface area (TPSA) is 73.9 Å². The quantitative estimate of drug-likeness (QED) is 0.809. The van der Waals surface area contributed by atoms with E-state index < -0.39 is 5.97 Å². The Kier molecular flexibility index (Phi) is 5.17. The molecule has 0 aromatic heterocycles. The third kappa shape index (κ3) is 3.61. The van der Waals surface area contributed by atoms with Gasteiger partial charge in [0.1, 0.15) is 11.5 Å². The fourth-order valence-corrected chi connectivity index (χ4v) is 1.61. The first-order chi connectivity index (χ1) is 9.03. The van der Waals surface area contributed by atoms with Crippen molar-refractivity contribution in [3.05, 3.63) is 23.3 Å². The van der Waals surface area contributed by atoms with Crippen molar-refractivity contribution >= 4 is 11.9 Å². The molecule has 104 valence electrons. The van der Waals surface area contributed by atoms with E-state index in [-0.39, 0.29) is 12.5 Å². The molecule has 0 atom stereocenters. The van der Waals surface area contributed by atoms with Crippen molar-refractivity contribution in [1.82, 2.24) is 5.32 Å². The van der Waals surface area contributed by atoms with Gasteiger partial charge >= 0.3 is 5.97 Å². The molecule has 6 heteroatoms. The van der Waals surface area contributed by atoms with Gasteiger partial charge in [-0.25, -0.2) is 4.79 Å². The fraction of sp³-hybridized carbons (Fsp3) is 0.385. The number of nitrogens with one attached hydrogen (secondary N) is 1. The average Bonchev–Trinajstić information content (AvgIpc) is 2.42. The maximum absolute atomic E-state index is 11.5. The molecule has 0 aliphatic rings. The monoisotopic (exact) mass is 267 g/mol. The number of hydrogen-bond acceptors (Lipinski definition) is 5. The number of carbonyl (C=O) groups is 2. The highest BCUT2D eigenvalue weighted by Crippen LogP contribution is 2.30. The van der Waals surface area contributed by atoms with Gasteiger partial charge in [-0.05, 0) is 12.1 Å². The van der Waals surface area contributed by atoms with Crippen LogP contribution in [0.25, 0.3) is 0 Å². The summed E-state index contributed by atoms with van der Waals surface area (Å²) in [5, 5.41) is 2.66. The minimum atomic E-state index is -0.484. The molecule has 1 N–H and O–H groups in total. The van der Waals surface area contributed by atoms with E-state index in [9.17, 15) is 9.59 Å². The third-order valence-electron chi connectivity index (χ3n) is 2.54. The summed E-state index contributed by atoms with van der Waals surface area (Å²) in [6.45, 7) is 1.67. The van der Waals surface area contributed by atoms with Crippen LogP contribution in [0.5, 0.6) is 11.5 Å². The maximum Gasteiger partial charge on any atom is 0.338 e. The molecule has 0 radical (unpaired) electrons. The molecule has 6 nitrogen and oxygen atoms in total. The largest absolute Gasteiger partial charge is 0.496 e. The van der Waals surface area contributed by atoms with Crippen LogP contribution in [0.4, 0.5) is 0 Å². The number of rotatable bonds is 5. The van der Waals surface area contributed by atoms with Crippen LogP contribution < -0.4 is 14.8 Å². The van der Waals surface area contributed by atoms with Crippen LogP contribution in [0.15, 0.2) is 12.1 Å². The zero-order valence-corrected chi connectivity index (χ0v) is 11.4. The maximum atomic E-state index is 11.5. The fourth-order valence-electron chi connectivity index (χ4n) is 1.61. The summed E-state index contributed by atoms with van der Waals surface area (Å²) >= 11 is 0. The number of esters is 1. The first-order valence-corrected chi connectivity index (χ1v) is 5.61. The van der Waals surface area contributed by atoms with Crippen LogP contribution in [-0.4, -0.2) is 33.2 Å². The lowest BCUT2D eigenvalue weighted by Gasteiger charge is -2.15. The van der Waals surface area contributed by atoms with E-state index in [0.29, 0.717) is 22.6 Å². The van der Waals surface area contributed by atoms with Crippen molar-refractivity contribution < 1.29 is 23.8 Å². The van der Waals surface area contributed by atoms with Gasteiger partial charge in [0, 0.05) is 6.92 Å². The van der Waals surface area contributed by atoms with Crippen molar-refractivity contribution in [3.8, 4) is 11.5 Å². The molecular formula is C13H17NO5. The van der Waals surface area contributed by atoms with Crippen molar-refractivity contribution in [3.63, 3.8) is 0 Å². The number of hydrogen-bond donors (Lipinski definition) is 1. The molecule has 1 amide bonds. The molecule has 19 heavy (non-hydrogen) atoms. The van der Waals surface area contributed by atoms with E-state index >= 15 is 0 Å². The standard InChI is InChI=1S/C13H17NO5/c1-8(15)14-7-10-11(17-2)5-9(13(16)19-4)6-12(10)18-3/h5-6H,7H2,1-4H3,(H,14,15). The van der Waals surface area contributed by atoms with Crippen molar-refractivity contribution in [1.29, 1.82) is 0 Å². The van der Waals surface area contributed by atoms with Gasteiger partial charge in [-0.2, -0.15) is 0 Å². The normalized spacial score (nSPS) is 9.68. The minimum absolute atomic E-state index is 0.166. The Morgan fingerprint density at radius 3 is 2.00 bits per heavy atom. The number of methoxy groups -OCH3 is 3. The van der Waals surface area contributed by atoms with Gasteiger partial charge < -0.3 is 19.5 Å². The highest BCUT2D eigenvalue weighted by molar-refractivity contribution is 5.90. The van der Waals surface area contributed by atoms with Crippen LogP contribution in [0, 0.1) is 0 Å². The van der Waals surface area contributed by atoms with E-state index in [4.69, 9.17) is 9.47 Å². The summed E-state index contributed by atoms with van der Waals surface area (Å²) in [4.78, 5) is 22.5. The molecule has 0 bridgehead atoms. The molecule has 0 fully saturated rings. The van der Waals surface area contributed by atoms with E-state index in [1.165, 1.54) is 28.3 Å². The molecule has 0 aliphatic carbocycles. The van der Waals surface area contributed by atoms with E-state index in [1.807, 2.05) is 0 Å². The minimum Gasteiger partial charge on any atom is -0.496 e.